The predicted molar refractivity (Wildman–Crippen MR) is 94.1 cm³/mol. The molecular formula is C16H15Cl2N3O3. The predicted octanol–water partition coefficient (Wildman–Crippen LogP) is 3.58. The molecule has 3 N–H and O–H groups in total. The van der Waals surface area contributed by atoms with E-state index < -0.39 is 6.03 Å². The van der Waals surface area contributed by atoms with Crippen molar-refractivity contribution in [2.75, 3.05) is 7.11 Å². The van der Waals surface area contributed by atoms with Crippen LogP contribution >= 0.6 is 23.2 Å². The van der Waals surface area contributed by atoms with E-state index in [4.69, 9.17) is 38.4 Å². The second kappa shape index (κ2) is 8.42. The molecule has 0 heterocycles. The molecule has 2 aromatic rings. The van der Waals surface area contributed by atoms with Crippen LogP contribution in [0, 0.1) is 0 Å². The van der Waals surface area contributed by atoms with Crippen molar-refractivity contribution in [1.29, 1.82) is 0 Å². The molecule has 2 aromatic carbocycles. The second-order valence-corrected chi connectivity index (χ2v) is 5.46. The van der Waals surface area contributed by atoms with Crippen LogP contribution in [0.2, 0.25) is 10.0 Å². The molecule has 24 heavy (non-hydrogen) atoms. The number of nitrogens with one attached hydrogen (secondary N) is 1. The number of carbonyl (C=O) groups excluding carboxylic acids is 1. The van der Waals surface area contributed by atoms with Crippen molar-refractivity contribution in [1.82, 2.24) is 5.43 Å². The van der Waals surface area contributed by atoms with Crippen molar-refractivity contribution in [3.63, 3.8) is 0 Å². The maximum absolute atomic E-state index is 10.6. The van der Waals surface area contributed by atoms with Gasteiger partial charge in [-0.2, -0.15) is 5.10 Å². The number of hydrazone groups is 1. The normalized spacial score (nSPS) is 10.6. The lowest BCUT2D eigenvalue weighted by atomic mass is 10.1. The molecule has 0 unspecified atom stereocenters. The third-order valence-electron chi connectivity index (χ3n) is 2.98. The first-order valence-corrected chi connectivity index (χ1v) is 7.59. The molecule has 0 radical (unpaired) electrons. The zero-order chi connectivity index (χ0) is 17.5. The van der Waals surface area contributed by atoms with Crippen LogP contribution in [0.4, 0.5) is 4.79 Å². The van der Waals surface area contributed by atoms with Gasteiger partial charge in [-0.05, 0) is 35.9 Å². The summed E-state index contributed by atoms with van der Waals surface area (Å²) in [4.78, 5) is 10.6. The summed E-state index contributed by atoms with van der Waals surface area (Å²) in [6, 6.07) is 9.72. The quantitative estimate of drug-likeness (QED) is 0.604. The third-order valence-corrected chi connectivity index (χ3v) is 3.58. The van der Waals surface area contributed by atoms with Gasteiger partial charge in [0.05, 0.1) is 23.4 Å². The molecule has 0 fully saturated rings. The average molecular weight is 368 g/mol. The highest BCUT2D eigenvalue weighted by Gasteiger charge is 2.10. The van der Waals surface area contributed by atoms with E-state index in [0.29, 0.717) is 21.5 Å². The van der Waals surface area contributed by atoms with E-state index in [1.54, 1.807) is 43.5 Å². The molecule has 0 aliphatic carbocycles. The van der Waals surface area contributed by atoms with Gasteiger partial charge < -0.3 is 15.2 Å². The highest BCUT2D eigenvalue weighted by atomic mass is 35.5. The van der Waals surface area contributed by atoms with Crippen LogP contribution in [0.1, 0.15) is 11.1 Å². The van der Waals surface area contributed by atoms with E-state index >= 15 is 0 Å². The maximum Gasteiger partial charge on any atom is 0.332 e. The monoisotopic (exact) mass is 367 g/mol. The van der Waals surface area contributed by atoms with Crippen molar-refractivity contribution in [3.05, 3.63) is 57.6 Å². The Morgan fingerprint density at radius 3 is 2.62 bits per heavy atom. The smallest absolute Gasteiger partial charge is 0.332 e. The van der Waals surface area contributed by atoms with Gasteiger partial charge in [0.2, 0.25) is 0 Å². The minimum atomic E-state index is -0.739. The number of benzene rings is 2. The first-order chi connectivity index (χ1) is 11.5. The molecule has 8 heteroatoms. The molecule has 0 atom stereocenters. The van der Waals surface area contributed by atoms with Crippen LogP contribution in [-0.4, -0.2) is 19.4 Å². The molecule has 0 spiro atoms. The SMILES string of the molecule is COc1ccc(C=NNC(N)=O)cc1COc1c(Cl)cccc1Cl. The number of nitrogens with zero attached hydrogens (tertiary/aromatic N) is 1. The van der Waals surface area contributed by atoms with Gasteiger partial charge >= 0.3 is 6.03 Å². The summed E-state index contributed by atoms with van der Waals surface area (Å²) in [5.41, 5.74) is 8.56. The van der Waals surface area contributed by atoms with E-state index in [2.05, 4.69) is 10.5 Å². The Labute approximate surface area is 149 Å². The van der Waals surface area contributed by atoms with Gasteiger partial charge in [0.1, 0.15) is 12.4 Å². The number of methoxy groups -OCH3 is 1. The molecular weight excluding hydrogens is 353 g/mol. The molecule has 0 aromatic heterocycles. The molecule has 126 valence electrons. The van der Waals surface area contributed by atoms with Crippen LogP contribution in [0.25, 0.3) is 0 Å². The zero-order valence-electron chi connectivity index (χ0n) is 12.8. The topological polar surface area (TPSA) is 85.9 Å². The van der Waals surface area contributed by atoms with Gasteiger partial charge in [0, 0.05) is 5.56 Å². The lowest BCUT2D eigenvalue weighted by Gasteiger charge is -2.13. The summed E-state index contributed by atoms with van der Waals surface area (Å²) in [5, 5.41) is 4.55. The van der Waals surface area contributed by atoms with E-state index in [1.165, 1.54) is 6.21 Å². The lowest BCUT2D eigenvalue weighted by Crippen LogP contribution is -2.24. The van der Waals surface area contributed by atoms with Gasteiger partial charge in [-0.15, -0.1) is 0 Å². The summed E-state index contributed by atoms with van der Waals surface area (Å²) in [5.74, 6) is 1.04. The van der Waals surface area contributed by atoms with E-state index in [-0.39, 0.29) is 6.61 Å². The number of nitrogens with two attached hydrogens (primary N) is 1. The number of hydrogen-bond acceptors (Lipinski definition) is 4. The number of primary amides is 1. The van der Waals surface area contributed by atoms with Crippen LogP contribution in [0.15, 0.2) is 41.5 Å². The standard InChI is InChI=1S/C16H15Cl2N3O3/c1-23-14-6-5-10(8-20-21-16(19)22)7-11(14)9-24-15-12(17)3-2-4-13(15)18/h2-8H,9H2,1H3,(H3,19,21,22). The third kappa shape index (κ3) is 4.78. The van der Waals surface area contributed by atoms with Crippen LogP contribution in [-0.2, 0) is 6.61 Å². The van der Waals surface area contributed by atoms with Crippen LogP contribution in [0.3, 0.4) is 0 Å². The van der Waals surface area contributed by atoms with Crippen molar-refractivity contribution < 1.29 is 14.3 Å². The second-order valence-electron chi connectivity index (χ2n) is 4.64. The fourth-order valence-corrected chi connectivity index (χ4v) is 2.44. The molecule has 6 nitrogen and oxygen atoms in total. The summed E-state index contributed by atoms with van der Waals surface area (Å²) in [7, 11) is 1.56. The average Bonchev–Trinajstić information content (AvgIpc) is 2.54. The number of urea groups is 1. The largest absolute Gasteiger partial charge is 0.496 e. The van der Waals surface area contributed by atoms with Gasteiger partial charge in [0.25, 0.3) is 0 Å². The number of rotatable bonds is 6. The molecule has 0 aliphatic heterocycles. The molecule has 2 amide bonds. The first-order valence-electron chi connectivity index (χ1n) is 6.83. The lowest BCUT2D eigenvalue weighted by molar-refractivity contribution is 0.249. The van der Waals surface area contributed by atoms with E-state index in [1.807, 2.05) is 0 Å². The number of carbonyl (C=O) groups is 1. The van der Waals surface area contributed by atoms with Gasteiger partial charge in [-0.25, -0.2) is 10.2 Å². The fraction of sp³-hybridized carbons (Fsp3) is 0.125. The molecule has 0 saturated carbocycles. The zero-order valence-corrected chi connectivity index (χ0v) is 14.3. The number of para-hydroxylation sites is 1. The number of ether oxygens (including phenoxy) is 2. The van der Waals surface area contributed by atoms with Crippen molar-refractivity contribution in [2.45, 2.75) is 6.61 Å². The molecule has 2 rings (SSSR count). The summed E-state index contributed by atoms with van der Waals surface area (Å²) in [6.45, 7) is 0.192. The fourth-order valence-electron chi connectivity index (χ4n) is 1.93. The summed E-state index contributed by atoms with van der Waals surface area (Å²) < 4.78 is 11.0. The minimum Gasteiger partial charge on any atom is -0.496 e. The van der Waals surface area contributed by atoms with Gasteiger partial charge in [-0.1, -0.05) is 29.3 Å². The summed E-state index contributed by atoms with van der Waals surface area (Å²) >= 11 is 12.2. The number of amides is 2. The summed E-state index contributed by atoms with van der Waals surface area (Å²) in [6.07, 6.45) is 1.45. The van der Waals surface area contributed by atoms with Crippen LogP contribution < -0.4 is 20.6 Å². The molecule has 0 aliphatic rings. The Morgan fingerprint density at radius 1 is 1.29 bits per heavy atom. The Kier molecular flexibility index (Phi) is 6.28. The minimum absolute atomic E-state index is 0.192. The van der Waals surface area contributed by atoms with E-state index in [0.717, 1.165) is 11.1 Å². The van der Waals surface area contributed by atoms with Crippen molar-refractivity contribution in [2.24, 2.45) is 10.8 Å². The van der Waals surface area contributed by atoms with Crippen LogP contribution in [0.5, 0.6) is 11.5 Å². The highest BCUT2D eigenvalue weighted by molar-refractivity contribution is 6.37. The highest BCUT2D eigenvalue weighted by Crippen LogP contribution is 2.33. The van der Waals surface area contributed by atoms with E-state index in [9.17, 15) is 4.79 Å². The first kappa shape index (κ1) is 17.9. The Balaban J connectivity index is 2.18. The van der Waals surface area contributed by atoms with Gasteiger partial charge in [0.15, 0.2) is 5.75 Å². The van der Waals surface area contributed by atoms with Gasteiger partial charge in [-0.3, -0.25) is 0 Å². The maximum atomic E-state index is 10.6. The number of hydrogen-bond donors (Lipinski definition) is 2. The Bertz CT molecular complexity index is 746. The molecule has 0 bridgehead atoms. The number of halogens is 2. The molecule has 0 saturated heterocycles. The van der Waals surface area contributed by atoms with Crippen molar-refractivity contribution in [3.8, 4) is 11.5 Å². The van der Waals surface area contributed by atoms with Crippen molar-refractivity contribution >= 4 is 35.4 Å². The Morgan fingerprint density at radius 2 is 2.00 bits per heavy atom. The Hall–Kier alpha value is -2.44.